The van der Waals surface area contributed by atoms with Crippen LogP contribution in [0.4, 0.5) is 8.78 Å². The molecular weight excluding hydrogens is 394 g/mol. The van der Waals surface area contributed by atoms with E-state index >= 15 is 0 Å². The van der Waals surface area contributed by atoms with Gasteiger partial charge in [-0.15, -0.1) is 0 Å². The molecule has 0 saturated carbocycles. The lowest BCUT2D eigenvalue weighted by Gasteiger charge is -2.14. The number of hydrogen-bond acceptors (Lipinski definition) is 4. The second kappa shape index (κ2) is 10.4. The number of carbonyl (C=O) groups excluding carboxylic acids is 1. The molecule has 0 aliphatic carbocycles. The van der Waals surface area contributed by atoms with Crippen molar-refractivity contribution in [2.75, 3.05) is 0 Å². The Balaban J connectivity index is 0.000000600. The monoisotopic (exact) mass is 422 g/mol. The van der Waals surface area contributed by atoms with Gasteiger partial charge in [0.2, 0.25) is 5.91 Å². The minimum atomic E-state index is -0.744. The molecular formula is C21H28F2N4O3. The van der Waals surface area contributed by atoms with Crippen molar-refractivity contribution in [3.63, 3.8) is 0 Å². The van der Waals surface area contributed by atoms with Gasteiger partial charge in [-0.25, -0.2) is 13.6 Å². The van der Waals surface area contributed by atoms with E-state index in [0.29, 0.717) is 23.2 Å². The van der Waals surface area contributed by atoms with Crippen LogP contribution in [0.3, 0.4) is 0 Å². The van der Waals surface area contributed by atoms with Gasteiger partial charge in [-0.2, -0.15) is 0 Å². The van der Waals surface area contributed by atoms with Crippen molar-refractivity contribution >= 4 is 16.8 Å². The molecule has 164 valence electrons. The second-order valence-electron chi connectivity index (χ2n) is 7.20. The van der Waals surface area contributed by atoms with E-state index in [1.165, 1.54) is 0 Å². The zero-order valence-corrected chi connectivity index (χ0v) is 17.0. The number of aromatic nitrogens is 3. The van der Waals surface area contributed by atoms with Crippen LogP contribution in [0.15, 0.2) is 46.1 Å². The molecule has 7 nitrogen and oxygen atoms in total. The van der Waals surface area contributed by atoms with Crippen LogP contribution < -0.4 is 16.6 Å². The number of amides is 1. The topological polar surface area (TPSA) is 108 Å². The summed E-state index contributed by atoms with van der Waals surface area (Å²) in [6, 6.07) is 7.05. The van der Waals surface area contributed by atoms with Crippen molar-refractivity contribution in [3.8, 4) is 0 Å². The Morgan fingerprint density at radius 2 is 1.87 bits per heavy atom. The first kappa shape index (κ1) is 22.9. The minimum Gasteiger partial charge on any atom is -0.348 e. The van der Waals surface area contributed by atoms with E-state index in [1.54, 1.807) is 31.2 Å². The summed E-state index contributed by atoms with van der Waals surface area (Å²) in [5.41, 5.74) is -0.214. The fourth-order valence-electron chi connectivity index (χ4n) is 2.66. The van der Waals surface area contributed by atoms with Crippen LogP contribution in [0.1, 0.15) is 48.2 Å². The van der Waals surface area contributed by atoms with Crippen molar-refractivity contribution in [2.45, 2.75) is 39.7 Å². The standard InChI is InChI=1S/C13H18F2N2O.C8H6N2O2.2H2/c1-8(2)4-5-12(18)17-9(3)13-11(15)6-10(14)7-16-13;11-7-5-3-1-2-4-6(5)9-8(12)10-7;;/h6-9H,4-5H2,1-3H3,(H,17,18);1-4H,(H2,9,10,11,12);2*1H/t9-;;;/m0.../s1. The number of hydrogen-bond donors (Lipinski definition) is 3. The second-order valence-corrected chi connectivity index (χ2v) is 7.20. The molecule has 9 heteroatoms. The highest BCUT2D eigenvalue weighted by molar-refractivity contribution is 5.77. The van der Waals surface area contributed by atoms with Crippen LogP contribution >= 0.6 is 0 Å². The van der Waals surface area contributed by atoms with Crippen molar-refractivity contribution in [1.29, 1.82) is 0 Å². The maximum atomic E-state index is 13.4. The summed E-state index contributed by atoms with van der Waals surface area (Å²) >= 11 is 0. The molecule has 0 aliphatic rings. The average molecular weight is 422 g/mol. The summed E-state index contributed by atoms with van der Waals surface area (Å²) in [5.74, 6) is -1.19. The predicted octanol–water partition coefficient (Wildman–Crippen LogP) is 3.68. The summed E-state index contributed by atoms with van der Waals surface area (Å²) in [7, 11) is 0. The van der Waals surface area contributed by atoms with E-state index < -0.39 is 23.4 Å². The molecule has 1 aromatic carbocycles. The van der Waals surface area contributed by atoms with Gasteiger partial charge in [0, 0.05) is 15.3 Å². The molecule has 0 spiro atoms. The van der Waals surface area contributed by atoms with Crippen LogP contribution in [0, 0.1) is 17.6 Å². The van der Waals surface area contributed by atoms with E-state index in [2.05, 4.69) is 20.3 Å². The van der Waals surface area contributed by atoms with Gasteiger partial charge in [-0.05, 0) is 31.4 Å². The first-order valence-corrected chi connectivity index (χ1v) is 9.49. The SMILES string of the molecule is CC(C)CCC(=O)N[C@@H](C)c1ncc(F)cc1F.O=c1[nH]c(=O)c2ccccc2[nH]1.[HH].[HH]. The normalized spacial score (nSPS) is 11.7. The lowest BCUT2D eigenvalue weighted by atomic mass is 10.1. The molecule has 0 bridgehead atoms. The van der Waals surface area contributed by atoms with Crippen molar-refractivity contribution in [1.82, 2.24) is 20.3 Å². The van der Waals surface area contributed by atoms with E-state index in [4.69, 9.17) is 0 Å². The van der Waals surface area contributed by atoms with Gasteiger partial charge in [0.05, 0.1) is 28.8 Å². The highest BCUT2D eigenvalue weighted by atomic mass is 19.1. The molecule has 3 rings (SSSR count). The number of nitrogens with zero attached hydrogens (tertiary/aromatic N) is 1. The summed E-state index contributed by atoms with van der Waals surface area (Å²) in [5, 5.41) is 3.15. The van der Waals surface area contributed by atoms with Crippen LogP contribution in [-0.2, 0) is 4.79 Å². The summed E-state index contributed by atoms with van der Waals surface area (Å²) in [6.07, 6.45) is 2.11. The highest BCUT2D eigenvalue weighted by Gasteiger charge is 2.15. The fourth-order valence-corrected chi connectivity index (χ4v) is 2.66. The largest absolute Gasteiger partial charge is 0.348 e. The number of nitrogens with one attached hydrogen (secondary N) is 3. The quantitative estimate of drug-likeness (QED) is 0.583. The van der Waals surface area contributed by atoms with Gasteiger partial charge in [0.1, 0.15) is 11.6 Å². The van der Waals surface area contributed by atoms with Gasteiger partial charge in [0.25, 0.3) is 5.56 Å². The van der Waals surface area contributed by atoms with Gasteiger partial charge in [0.15, 0.2) is 0 Å². The summed E-state index contributed by atoms with van der Waals surface area (Å²) in [6.45, 7) is 5.67. The van der Waals surface area contributed by atoms with E-state index in [-0.39, 0.29) is 20.0 Å². The number of H-pyrrole nitrogens is 2. The Kier molecular flexibility index (Phi) is 7.97. The predicted molar refractivity (Wildman–Crippen MR) is 114 cm³/mol. The zero-order valence-electron chi connectivity index (χ0n) is 17.0. The Morgan fingerprint density at radius 1 is 1.17 bits per heavy atom. The Hall–Kier alpha value is -3.36. The highest BCUT2D eigenvalue weighted by Crippen LogP contribution is 2.15. The van der Waals surface area contributed by atoms with Crippen LogP contribution in [0.2, 0.25) is 0 Å². The number of fused-ring (bicyclic) bond motifs is 1. The Labute approximate surface area is 174 Å². The molecule has 0 radical (unpaired) electrons. The zero-order chi connectivity index (χ0) is 22.3. The van der Waals surface area contributed by atoms with E-state index in [9.17, 15) is 23.2 Å². The lowest BCUT2D eigenvalue weighted by molar-refractivity contribution is -0.122. The Bertz CT molecular complexity index is 1140. The van der Waals surface area contributed by atoms with Gasteiger partial charge in [-0.3, -0.25) is 19.6 Å². The maximum Gasteiger partial charge on any atom is 0.326 e. The van der Waals surface area contributed by atoms with E-state index in [1.807, 2.05) is 13.8 Å². The average Bonchev–Trinajstić information content (AvgIpc) is 2.66. The summed E-state index contributed by atoms with van der Waals surface area (Å²) < 4.78 is 26.1. The molecule has 1 amide bonds. The smallest absolute Gasteiger partial charge is 0.326 e. The third-order valence-electron chi connectivity index (χ3n) is 4.22. The van der Waals surface area contributed by atoms with Crippen molar-refractivity contribution < 1.29 is 16.4 Å². The number of pyridine rings is 1. The molecule has 1 atom stereocenters. The molecule has 30 heavy (non-hydrogen) atoms. The van der Waals surface area contributed by atoms with Crippen molar-refractivity contribution in [3.05, 3.63) is 74.7 Å². The van der Waals surface area contributed by atoms with Gasteiger partial charge in [-0.1, -0.05) is 26.0 Å². The van der Waals surface area contributed by atoms with Crippen LogP contribution in [0.5, 0.6) is 0 Å². The first-order valence-electron chi connectivity index (χ1n) is 9.49. The Morgan fingerprint density at radius 3 is 2.53 bits per heavy atom. The van der Waals surface area contributed by atoms with E-state index in [0.717, 1.165) is 18.7 Å². The van der Waals surface area contributed by atoms with Crippen LogP contribution in [-0.4, -0.2) is 20.9 Å². The maximum absolute atomic E-state index is 13.4. The number of para-hydroxylation sites is 1. The van der Waals surface area contributed by atoms with Gasteiger partial charge < -0.3 is 10.3 Å². The molecule has 2 heterocycles. The lowest BCUT2D eigenvalue weighted by Crippen LogP contribution is -2.28. The fraction of sp³-hybridized carbons (Fsp3) is 0.333. The number of rotatable bonds is 5. The van der Waals surface area contributed by atoms with Gasteiger partial charge >= 0.3 is 5.69 Å². The molecule has 0 unspecified atom stereocenters. The molecule has 0 aliphatic heterocycles. The number of aromatic amines is 2. The molecule has 0 saturated heterocycles. The summed E-state index contributed by atoms with van der Waals surface area (Å²) in [4.78, 5) is 41.8. The molecule has 0 fully saturated rings. The third kappa shape index (κ3) is 6.61. The molecule has 3 aromatic rings. The molecule has 2 aromatic heterocycles. The molecule has 3 N–H and O–H groups in total. The number of halogens is 2. The van der Waals surface area contributed by atoms with Crippen molar-refractivity contribution in [2.24, 2.45) is 5.92 Å². The third-order valence-corrected chi connectivity index (χ3v) is 4.22. The first-order chi connectivity index (χ1) is 14.2. The minimum absolute atomic E-state index is 0. The van der Waals surface area contributed by atoms with Crippen LogP contribution in [0.25, 0.3) is 10.9 Å². The number of carbonyl (C=O) groups is 1. The number of benzene rings is 1.